The van der Waals surface area contributed by atoms with Gasteiger partial charge in [-0.05, 0) is 19.4 Å². The minimum Gasteiger partial charge on any atom is -0.379 e. The van der Waals surface area contributed by atoms with Gasteiger partial charge in [-0.15, -0.1) is 0 Å². The van der Waals surface area contributed by atoms with Crippen LogP contribution < -0.4 is 10.6 Å². The van der Waals surface area contributed by atoms with Crippen LogP contribution in [0.15, 0.2) is 0 Å². The van der Waals surface area contributed by atoms with Crippen LogP contribution in [-0.2, 0) is 19.0 Å². The molecule has 2 N–H and O–H groups in total. The van der Waals surface area contributed by atoms with Crippen molar-refractivity contribution in [1.82, 2.24) is 10.6 Å². The third-order valence-corrected chi connectivity index (χ3v) is 7.33. The molecule has 0 aliphatic heterocycles. The van der Waals surface area contributed by atoms with Crippen molar-refractivity contribution < 1.29 is 19.0 Å². The molecule has 0 rings (SSSR count). The first-order valence-electron chi connectivity index (χ1n) is 11.7. The molecule has 0 saturated carbocycles. The molecule has 8 heteroatoms. The molecule has 0 bridgehead atoms. The number of hydrogen-bond donors (Lipinski definition) is 2. The minimum absolute atomic E-state index is 0.0439. The number of ether oxygens (including phenoxy) is 3. The highest BCUT2D eigenvalue weighted by molar-refractivity contribution is 8.77. The Labute approximate surface area is 204 Å². The van der Waals surface area contributed by atoms with Gasteiger partial charge in [0.15, 0.2) is 0 Å². The van der Waals surface area contributed by atoms with Gasteiger partial charge in [0.1, 0.15) is 5.44 Å². The van der Waals surface area contributed by atoms with Crippen LogP contribution >= 0.6 is 21.6 Å². The van der Waals surface area contributed by atoms with E-state index in [1.807, 2.05) is 35.4 Å². The van der Waals surface area contributed by atoms with Crippen LogP contribution in [0.3, 0.4) is 0 Å². The molecular weight excluding hydrogens is 444 g/mol. The van der Waals surface area contributed by atoms with Gasteiger partial charge in [-0.3, -0.25) is 4.79 Å². The van der Waals surface area contributed by atoms with Gasteiger partial charge in [-0.2, -0.15) is 0 Å². The predicted octanol–water partition coefficient (Wildman–Crippen LogP) is 4.49. The molecule has 0 aromatic carbocycles. The average molecular weight is 491 g/mol. The number of nitrogens with one attached hydrogen (secondary N) is 2. The topological polar surface area (TPSA) is 68.8 Å². The van der Waals surface area contributed by atoms with E-state index in [9.17, 15) is 4.79 Å². The van der Waals surface area contributed by atoms with E-state index in [1.165, 1.54) is 0 Å². The SMILES string of the molecule is CC(C)C#CCNC(=O)CCOCCOCCO[C@@H](CCCNC(C)C)SSC(C)(C)C. The molecule has 1 amide bonds. The third kappa shape index (κ3) is 24.2. The van der Waals surface area contributed by atoms with Gasteiger partial charge in [0.2, 0.25) is 5.91 Å². The molecule has 0 spiro atoms. The summed E-state index contributed by atoms with van der Waals surface area (Å²) in [4.78, 5) is 11.7. The first kappa shape index (κ1) is 31.6. The van der Waals surface area contributed by atoms with E-state index >= 15 is 0 Å². The Hall–Kier alpha value is -0.430. The fraction of sp³-hybridized carbons (Fsp3) is 0.875. The first-order chi connectivity index (χ1) is 15.1. The maximum atomic E-state index is 11.7. The molecule has 0 aliphatic rings. The monoisotopic (exact) mass is 490 g/mol. The second-order valence-corrected chi connectivity index (χ2v) is 12.3. The Balaban J connectivity index is 3.79. The lowest BCUT2D eigenvalue weighted by molar-refractivity contribution is -0.122. The van der Waals surface area contributed by atoms with Crippen LogP contribution in [0.1, 0.15) is 67.7 Å². The highest BCUT2D eigenvalue weighted by atomic mass is 33.1. The van der Waals surface area contributed by atoms with Gasteiger partial charge >= 0.3 is 0 Å². The second kappa shape index (κ2) is 20.0. The zero-order chi connectivity index (χ0) is 24.2. The van der Waals surface area contributed by atoms with E-state index in [1.54, 1.807) is 0 Å². The molecule has 0 aromatic heterocycles. The average Bonchev–Trinajstić information content (AvgIpc) is 2.69. The van der Waals surface area contributed by atoms with E-state index in [4.69, 9.17) is 14.2 Å². The number of carbonyl (C=O) groups excluding carboxylic acids is 1. The van der Waals surface area contributed by atoms with Crippen LogP contribution in [0.4, 0.5) is 0 Å². The smallest absolute Gasteiger partial charge is 0.223 e. The summed E-state index contributed by atoms with van der Waals surface area (Å²) in [5.74, 6) is 6.21. The van der Waals surface area contributed by atoms with Gasteiger partial charge in [-0.1, -0.05) is 81.9 Å². The lowest BCUT2D eigenvalue weighted by Crippen LogP contribution is -2.25. The standard InChI is InChI=1S/C24H46N2O4S2/c1-20(2)10-8-14-26-22(27)12-15-28-16-17-29-18-19-30-23(31-32-24(5,6)7)11-9-13-25-21(3)4/h20-21,23,25H,9,11-19H2,1-7H3,(H,26,27)/t23-/m1/s1. The molecule has 6 nitrogen and oxygen atoms in total. The van der Waals surface area contributed by atoms with Gasteiger partial charge in [0.25, 0.3) is 0 Å². The normalized spacial score (nSPS) is 12.7. The number of amides is 1. The molecule has 32 heavy (non-hydrogen) atoms. The Bertz CT molecular complexity index is 528. The van der Waals surface area contributed by atoms with E-state index < -0.39 is 0 Å². The maximum Gasteiger partial charge on any atom is 0.223 e. The van der Waals surface area contributed by atoms with E-state index in [-0.39, 0.29) is 16.1 Å². The molecule has 0 aliphatic carbocycles. The maximum absolute atomic E-state index is 11.7. The summed E-state index contributed by atoms with van der Waals surface area (Å²) in [6, 6.07) is 0.514. The molecule has 0 unspecified atom stereocenters. The Morgan fingerprint density at radius 1 is 1.00 bits per heavy atom. The highest BCUT2D eigenvalue weighted by Gasteiger charge is 2.17. The Morgan fingerprint density at radius 2 is 1.66 bits per heavy atom. The fourth-order valence-corrected chi connectivity index (χ4v) is 4.68. The van der Waals surface area contributed by atoms with Crippen LogP contribution in [0.25, 0.3) is 0 Å². The summed E-state index contributed by atoms with van der Waals surface area (Å²) < 4.78 is 17.3. The van der Waals surface area contributed by atoms with Gasteiger partial charge in [-0.25, -0.2) is 0 Å². The molecule has 0 fully saturated rings. The molecule has 0 radical (unpaired) electrons. The number of carbonyl (C=O) groups is 1. The zero-order valence-electron chi connectivity index (χ0n) is 21.3. The molecule has 0 aromatic rings. The quantitative estimate of drug-likeness (QED) is 0.127. The minimum atomic E-state index is -0.0439. The summed E-state index contributed by atoms with van der Waals surface area (Å²) in [6.07, 6.45) is 2.44. The van der Waals surface area contributed by atoms with Crippen molar-refractivity contribution in [3.63, 3.8) is 0 Å². The van der Waals surface area contributed by atoms with Crippen molar-refractivity contribution in [2.45, 2.75) is 84.0 Å². The van der Waals surface area contributed by atoms with Gasteiger partial charge < -0.3 is 24.8 Å². The Morgan fingerprint density at radius 3 is 2.28 bits per heavy atom. The summed E-state index contributed by atoms with van der Waals surface area (Å²) in [7, 11) is 3.68. The predicted molar refractivity (Wildman–Crippen MR) is 139 cm³/mol. The summed E-state index contributed by atoms with van der Waals surface area (Å²) in [5, 5.41) is 6.22. The molecule has 1 atom stereocenters. The largest absolute Gasteiger partial charge is 0.379 e. The van der Waals surface area contributed by atoms with Crippen LogP contribution in [0, 0.1) is 17.8 Å². The fourth-order valence-electron chi connectivity index (χ4n) is 2.23. The van der Waals surface area contributed by atoms with Crippen molar-refractivity contribution >= 4 is 27.5 Å². The molecule has 188 valence electrons. The molecular formula is C24H46N2O4S2. The lowest BCUT2D eigenvalue weighted by Gasteiger charge is -2.22. The van der Waals surface area contributed by atoms with Crippen LogP contribution in [0.5, 0.6) is 0 Å². The van der Waals surface area contributed by atoms with E-state index in [2.05, 4.69) is 57.1 Å². The van der Waals surface area contributed by atoms with E-state index in [0.717, 1.165) is 19.4 Å². The van der Waals surface area contributed by atoms with Crippen LogP contribution in [-0.4, -0.2) is 68.3 Å². The second-order valence-electron chi connectivity index (χ2n) is 9.07. The zero-order valence-corrected chi connectivity index (χ0v) is 22.9. The highest BCUT2D eigenvalue weighted by Crippen LogP contribution is 2.39. The van der Waals surface area contributed by atoms with Crippen LogP contribution in [0.2, 0.25) is 0 Å². The Kier molecular flexibility index (Phi) is 19.7. The van der Waals surface area contributed by atoms with Gasteiger partial charge in [0.05, 0.1) is 39.6 Å². The third-order valence-electron chi connectivity index (χ3n) is 3.72. The number of hydrogen-bond acceptors (Lipinski definition) is 7. The summed E-state index contributed by atoms with van der Waals surface area (Å²) in [5.41, 5.74) is 0.164. The first-order valence-corrected chi connectivity index (χ1v) is 13.9. The number of rotatable bonds is 18. The van der Waals surface area contributed by atoms with E-state index in [0.29, 0.717) is 58.0 Å². The van der Waals surface area contributed by atoms with Crippen molar-refractivity contribution in [2.75, 3.05) is 46.1 Å². The summed E-state index contributed by atoms with van der Waals surface area (Å²) >= 11 is 0. The van der Waals surface area contributed by atoms with Crippen molar-refractivity contribution in [1.29, 1.82) is 0 Å². The molecule has 0 saturated heterocycles. The van der Waals surface area contributed by atoms with Crippen molar-refractivity contribution in [3.05, 3.63) is 0 Å². The van der Waals surface area contributed by atoms with Crippen molar-refractivity contribution in [3.8, 4) is 11.8 Å². The molecule has 0 heterocycles. The lowest BCUT2D eigenvalue weighted by atomic mass is 10.2. The summed E-state index contributed by atoms with van der Waals surface area (Å²) in [6.45, 7) is 18.9. The van der Waals surface area contributed by atoms with Gasteiger partial charge in [0, 0.05) is 23.1 Å². The van der Waals surface area contributed by atoms with Crippen molar-refractivity contribution in [2.24, 2.45) is 5.92 Å².